The molecule has 1 amide bonds. The van der Waals surface area contributed by atoms with Crippen molar-refractivity contribution in [1.29, 1.82) is 5.26 Å². The van der Waals surface area contributed by atoms with E-state index in [1.807, 2.05) is 19.9 Å². The number of carbonyl (C=O) groups is 1. The van der Waals surface area contributed by atoms with E-state index in [0.29, 0.717) is 36.1 Å². The number of rotatable bonds is 3. The predicted octanol–water partition coefficient (Wildman–Crippen LogP) is 2.48. The van der Waals surface area contributed by atoms with Gasteiger partial charge in [-0.3, -0.25) is 4.79 Å². The number of hydrogen-bond acceptors (Lipinski definition) is 6. The van der Waals surface area contributed by atoms with Crippen LogP contribution < -0.4 is 0 Å². The van der Waals surface area contributed by atoms with Crippen LogP contribution in [0.4, 0.5) is 0 Å². The Labute approximate surface area is 140 Å². The predicted molar refractivity (Wildman–Crippen MR) is 85.2 cm³/mol. The van der Waals surface area contributed by atoms with E-state index in [1.54, 1.807) is 17.0 Å². The number of piperidine rings is 1. The standard InChI is InChI=1S/C17H19N5O2/c1-11(2)16-20-15(21-24-16)13-4-3-7-22(10-13)17(23)14-6-5-12(8-18)9-19-14/h5-6,9,11,13H,3-4,7,10H2,1-2H3. The van der Waals surface area contributed by atoms with Gasteiger partial charge in [-0.15, -0.1) is 0 Å². The molecule has 1 fully saturated rings. The van der Waals surface area contributed by atoms with Gasteiger partial charge in [0.2, 0.25) is 5.89 Å². The number of nitriles is 1. The molecule has 2 aromatic heterocycles. The zero-order valence-electron chi connectivity index (χ0n) is 13.8. The average Bonchev–Trinajstić information content (AvgIpc) is 3.12. The van der Waals surface area contributed by atoms with Gasteiger partial charge in [0.05, 0.1) is 5.56 Å². The average molecular weight is 325 g/mol. The van der Waals surface area contributed by atoms with E-state index in [1.165, 1.54) is 6.20 Å². The van der Waals surface area contributed by atoms with Crippen LogP contribution in [0.3, 0.4) is 0 Å². The number of amides is 1. The Balaban J connectivity index is 1.72. The van der Waals surface area contributed by atoms with Crippen molar-refractivity contribution in [2.45, 2.75) is 38.5 Å². The van der Waals surface area contributed by atoms with Gasteiger partial charge in [0.1, 0.15) is 11.8 Å². The van der Waals surface area contributed by atoms with Gasteiger partial charge in [-0.25, -0.2) is 4.98 Å². The highest BCUT2D eigenvalue weighted by Gasteiger charge is 2.29. The second-order valence-corrected chi connectivity index (χ2v) is 6.28. The Morgan fingerprint density at radius 1 is 1.46 bits per heavy atom. The summed E-state index contributed by atoms with van der Waals surface area (Å²) in [5.41, 5.74) is 0.793. The fourth-order valence-corrected chi connectivity index (χ4v) is 2.77. The summed E-state index contributed by atoms with van der Waals surface area (Å²) in [7, 11) is 0. The van der Waals surface area contributed by atoms with Crippen LogP contribution in [0, 0.1) is 11.3 Å². The molecule has 3 heterocycles. The van der Waals surface area contributed by atoms with Crippen molar-refractivity contribution in [2.75, 3.05) is 13.1 Å². The second-order valence-electron chi connectivity index (χ2n) is 6.28. The normalized spacial score (nSPS) is 17.8. The summed E-state index contributed by atoms with van der Waals surface area (Å²) in [5, 5.41) is 12.9. The smallest absolute Gasteiger partial charge is 0.272 e. The van der Waals surface area contributed by atoms with E-state index >= 15 is 0 Å². The molecular weight excluding hydrogens is 306 g/mol. The van der Waals surface area contributed by atoms with Crippen molar-refractivity contribution in [3.05, 3.63) is 41.3 Å². The summed E-state index contributed by atoms with van der Waals surface area (Å²) < 4.78 is 5.28. The number of pyridine rings is 1. The van der Waals surface area contributed by atoms with Crippen LogP contribution in [0.25, 0.3) is 0 Å². The van der Waals surface area contributed by atoms with E-state index in [4.69, 9.17) is 9.78 Å². The van der Waals surface area contributed by atoms with Crippen molar-refractivity contribution in [3.63, 3.8) is 0 Å². The first kappa shape index (κ1) is 16.1. The molecule has 7 nitrogen and oxygen atoms in total. The third-order valence-corrected chi connectivity index (χ3v) is 4.14. The Kier molecular flexibility index (Phi) is 4.56. The largest absolute Gasteiger partial charge is 0.339 e. The summed E-state index contributed by atoms with van der Waals surface area (Å²) >= 11 is 0. The molecule has 0 N–H and O–H groups in total. The van der Waals surface area contributed by atoms with Gasteiger partial charge in [0.15, 0.2) is 5.82 Å². The van der Waals surface area contributed by atoms with Crippen LogP contribution in [0.15, 0.2) is 22.9 Å². The van der Waals surface area contributed by atoms with Crippen LogP contribution in [0.5, 0.6) is 0 Å². The minimum absolute atomic E-state index is 0.0809. The Morgan fingerprint density at radius 3 is 2.92 bits per heavy atom. The molecule has 2 aromatic rings. The molecule has 1 saturated heterocycles. The molecule has 24 heavy (non-hydrogen) atoms. The Morgan fingerprint density at radius 2 is 2.29 bits per heavy atom. The zero-order chi connectivity index (χ0) is 17.1. The third kappa shape index (κ3) is 3.27. The Bertz CT molecular complexity index is 760. The van der Waals surface area contributed by atoms with Crippen LogP contribution in [0.2, 0.25) is 0 Å². The first-order chi connectivity index (χ1) is 11.6. The molecule has 1 aliphatic rings. The maximum absolute atomic E-state index is 12.6. The first-order valence-corrected chi connectivity index (χ1v) is 8.07. The lowest BCUT2D eigenvalue weighted by molar-refractivity contribution is 0.0697. The molecule has 3 rings (SSSR count). The fraction of sp³-hybridized carbons (Fsp3) is 0.471. The fourth-order valence-electron chi connectivity index (χ4n) is 2.77. The van der Waals surface area contributed by atoms with Crippen molar-refractivity contribution in [1.82, 2.24) is 20.0 Å². The molecule has 1 atom stereocenters. The topological polar surface area (TPSA) is 95.9 Å². The lowest BCUT2D eigenvalue weighted by atomic mass is 9.97. The molecule has 0 aromatic carbocycles. The van der Waals surface area contributed by atoms with Gasteiger partial charge in [0, 0.05) is 31.1 Å². The van der Waals surface area contributed by atoms with E-state index in [9.17, 15) is 4.79 Å². The maximum atomic E-state index is 12.6. The molecule has 0 saturated carbocycles. The van der Waals surface area contributed by atoms with Gasteiger partial charge < -0.3 is 9.42 Å². The summed E-state index contributed by atoms with van der Waals surface area (Å²) in [6.07, 6.45) is 3.24. The lowest BCUT2D eigenvalue weighted by Crippen LogP contribution is -2.39. The summed E-state index contributed by atoms with van der Waals surface area (Å²) in [4.78, 5) is 22.9. The highest BCUT2D eigenvalue weighted by Crippen LogP contribution is 2.26. The monoisotopic (exact) mass is 325 g/mol. The number of likely N-dealkylation sites (tertiary alicyclic amines) is 1. The molecule has 7 heteroatoms. The van der Waals surface area contributed by atoms with Gasteiger partial charge in [-0.1, -0.05) is 19.0 Å². The van der Waals surface area contributed by atoms with Crippen molar-refractivity contribution < 1.29 is 9.32 Å². The molecule has 0 aliphatic carbocycles. The summed E-state index contributed by atoms with van der Waals surface area (Å²) in [5.74, 6) is 1.44. The van der Waals surface area contributed by atoms with Crippen LogP contribution in [-0.4, -0.2) is 39.0 Å². The van der Waals surface area contributed by atoms with Crippen molar-refractivity contribution in [3.8, 4) is 6.07 Å². The quantitative estimate of drug-likeness (QED) is 0.860. The highest BCUT2D eigenvalue weighted by atomic mass is 16.5. The van der Waals surface area contributed by atoms with Crippen molar-refractivity contribution >= 4 is 5.91 Å². The Hall–Kier alpha value is -2.75. The number of aromatic nitrogens is 3. The second kappa shape index (κ2) is 6.79. The first-order valence-electron chi connectivity index (χ1n) is 8.07. The molecule has 1 aliphatic heterocycles. The molecule has 0 spiro atoms. The molecular formula is C17H19N5O2. The van der Waals surface area contributed by atoms with E-state index < -0.39 is 0 Å². The summed E-state index contributed by atoms with van der Waals surface area (Å²) in [6, 6.07) is 5.20. The van der Waals surface area contributed by atoms with Gasteiger partial charge in [-0.05, 0) is 25.0 Å². The highest BCUT2D eigenvalue weighted by molar-refractivity contribution is 5.92. The van der Waals surface area contributed by atoms with Crippen LogP contribution in [-0.2, 0) is 0 Å². The van der Waals surface area contributed by atoms with Gasteiger partial charge in [-0.2, -0.15) is 10.2 Å². The van der Waals surface area contributed by atoms with Crippen LogP contribution >= 0.6 is 0 Å². The number of nitrogens with zero attached hydrogens (tertiary/aromatic N) is 5. The lowest BCUT2D eigenvalue weighted by Gasteiger charge is -2.31. The van der Waals surface area contributed by atoms with E-state index in [2.05, 4.69) is 15.1 Å². The minimum atomic E-state index is -0.128. The summed E-state index contributed by atoms with van der Waals surface area (Å²) in [6.45, 7) is 5.25. The molecule has 1 unspecified atom stereocenters. The maximum Gasteiger partial charge on any atom is 0.272 e. The van der Waals surface area contributed by atoms with Gasteiger partial charge >= 0.3 is 0 Å². The SMILES string of the molecule is CC(C)c1nc(C2CCCN(C(=O)c3ccc(C#N)cn3)C2)no1. The van der Waals surface area contributed by atoms with Crippen LogP contribution in [0.1, 0.15) is 66.3 Å². The molecule has 0 radical (unpaired) electrons. The van der Waals surface area contributed by atoms with E-state index in [0.717, 1.165) is 12.8 Å². The number of hydrogen-bond donors (Lipinski definition) is 0. The third-order valence-electron chi connectivity index (χ3n) is 4.14. The van der Waals surface area contributed by atoms with Gasteiger partial charge in [0.25, 0.3) is 5.91 Å². The molecule has 124 valence electrons. The number of carbonyl (C=O) groups excluding carboxylic acids is 1. The minimum Gasteiger partial charge on any atom is -0.339 e. The molecule has 0 bridgehead atoms. The zero-order valence-corrected chi connectivity index (χ0v) is 13.8. The van der Waals surface area contributed by atoms with E-state index in [-0.39, 0.29) is 17.7 Å². The van der Waals surface area contributed by atoms with Crippen molar-refractivity contribution in [2.24, 2.45) is 0 Å².